The minimum atomic E-state index is -4.05. The summed E-state index contributed by atoms with van der Waals surface area (Å²) in [7, 11) is -4.05. The molecule has 1 aliphatic heterocycles. The number of sulfonamides is 1. The molecule has 182 valence electrons. The summed E-state index contributed by atoms with van der Waals surface area (Å²) >= 11 is 0. The van der Waals surface area contributed by atoms with E-state index in [1.54, 1.807) is 19.9 Å². The zero-order valence-electron chi connectivity index (χ0n) is 19.9. The molecule has 3 rings (SSSR count). The Bertz CT molecular complexity index is 1190. The first-order chi connectivity index (χ1) is 15.8. The molecular weight excluding hydrogens is 454 g/mol. The highest BCUT2D eigenvalue weighted by Crippen LogP contribution is 2.45. The molecule has 0 radical (unpaired) electrons. The Balaban J connectivity index is 2.01. The second kappa shape index (κ2) is 9.23. The number of carbonyl (C=O) groups is 2. The number of benzene rings is 2. The Kier molecular flexibility index (Phi) is 6.91. The van der Waals surface area contributed by atoms with Crippen LogP contribution in [0.1, 0.15) is 39.7 Å². The smallest absolute Gasteiger partial charge is 0.412 e. The Morgan fingerprint density at radius 2 is 1.79 bits per heavy atom. The third-order valence-electron chi connectivity index (χ3n) is 6.21. The summed E-state index contributed by atoms with van der Waals surface area (Å²) in [5.41, 5.74) is -0.703. The van der Waals surface area contributed by atoms with Crippen LogP contribution in [0.5, 0.6) is 0 Å². The van der Waals surface area contributed by atoms with Crippen molar-refractivity contribution in [3.05, 3.63) is 72.8 Å². The molecule has 34 heavy (non-hydrogen) atoms. The molecule has 1 aliphatic rings. The molecule has 2 amide bonds. The molecule has 0 spiro atoms. The van der Waals surface area contributed by atoms with E-state index in [1.807, 2.05) is 44.2 Å². The van der Waals surface area contributed by atoms with Crippen LogP contribution in [0.3, 0.4) is 0 Å². The molecule has 2 aromatic rings. The molecule has 0 saturated carbocycles. The van der Waals surface area contributed by atoms with Crippen LogP contribution in [0.15, 0.2) is 72.1 Å². The number of carbonyl (C=O) groups excluding carboxylic acids is 1. The van der Waals surface area contributed by atoms with E-state index in [4.69, 9.17) is 0 Å². The summed E-state index contributed by atoms with van der Waals surface area (Å²) in [6, 6.07) is 14.6. The van der Waals surface area contributed by atoms with E-state index in [0.29, 0.717) is 6.42 Å². The second-order valence-electron chi connectivity index (χ2n) is 9.56. The van der Waals surface area contributed by atoms with Crippen molar-refractivity contribution < 1.29 is 23.1 Å². The van der Waals surface area contributed by atoms with Gasteiger partial charge in [-0.25, -0.2) is 13.2 Å². The fourth-order valence-electron chi connectivity index (χ4n) is 4.80. The molecule has 2 N–H and O–H groups in total. The fraction of sp³-hybridized carbons (Fsp3) is 0.360. The first kappa shape index (κ1) is 25.5. The Hall–Kier alpha value is -3.17. The molecule has 1 atom stereocenters. The molecule has 8 nitrogen and oxygen atoms in total. The van der Waals surface area contributed by atoms with E-state index in [-0.39, 0.29) is 23.0 Å². The molecule has 0 aromatic heterocycles. The first-order valence-corrected chi connectivity index (χ1v) is 12.4. The topological polar surface area (TPSA) is 107 Å². The van der Waals surface area contributed by atoms with Crippen molar-refractivity contribution in [1.82, 2.24) is 9.62 Å². The monoisotopic (exact) mass is 485 g/mol. The van der Waals surface area contributed by atoms with Crippen molar-refractivity contribution in [3.63, 3.8) is 0 Å². The molecule has 1 saturated heterocycles. The number of carboxylic acid groups (broad SMARTS) is 1. The lowest BCUT2D eigenvalue weighted by Crippen LogP contribution is -2.56. The minimum absolute atomic E-state index is 0.0128. The molecule has 9 heteroatoms. The predicted octanol–water partition coefficient (Wildman–Crippen LogP) is 3.99. The van der Waals surface area contributed by atoms with Gasteiger partial charge in [0.15, 0.2) is 0 Å². The summed E-state index contributed by atoms with van der Waals surface area (Å²) in [4.78, 5) is 25.1. The number of hydrogen-bond acceptors (Lipinski definition) is 4. The maximum atomic E-state index is 13.9. The van der Waals surface area contributed by atoms with Crippen molar-refractivity contribution in [2.24, 2.45) is 0 Å². The lowest BCUT2D eigenvalue weighted by molar-refractivity contribution is -0.117. The predicted molar refractivity (Wildman–Crippen MR) is 131 cm³/mol. The van der Waals surface area contributed by atoms with Gasteiger partial charge in [-0.1, -0.05) is 43.0 Å². The van der Waals surface area contributed by atoms with E-state index in [9.17, 15) is 23.1 Å². The zero-order valence-corrected chi connectivity index (χ0v) is 20.7. The molecule has 1 fully saturated rings. The van der Waals surface area contributed by atoms with E-state index in [2.05, 4.69) is 11.9 Å². The molecular formula is C25H31N3O5S. The summed E-state index contributed by atoms with van der Waals surface area (Å²) in [5.74, 6) is -0.367. The van der Waals surface area contributed by atoms with E-state index in [0.717, 1.165) is 16.5 Å². The maximum Gasteiger partial charge on any atom is 0.412 e. The Morgan fingerprint density at radius 3 is 2.38 bits per heavy atom. The number of hydrogen-bond donors (Lipinski definition) is 2. The highest BCUT2D eigenvalue weighted by atomic mass is 32.2. The standard InChI is InChI=1S/C25H31N3O5S/c1-6-22(29)26-21-16-24(2,3)28(25(21,4)5)34(32,33)20-14-10-13-19(15-20)27(23(30)31)17-18-11-8-7-9-12-18/h6-15,21H,1,16-17H2,2-5H3,(H,26,29)(H,30,31). The molecule has 1 unspecified atom stereocenters. The van der Waals surface area contributed by atoms with Crippen LogP contribution in [-0.2, 0) is 21.4 Å². The Labute approximate surface area is 200 Å². The van der Waals surface area contributed by atoms with Crippen LogP contribution < -0.4 is 10.2 Å². The van der Waals surface area contributed by atoms with Gasteiger partial charge in [-0.05, 0) is 64.0 Å². The molecule has 2 aromatic carbocycles. The Morgan fingerprint density at radius 1 is 1.15 bits per heavy atom. The SMILES string of the molecule is C=CC(=O)NC1CC(C)(C)N(S(=O)(=O)c2cccc(N(Cc3ccccc3)C(=O)O)c2)C1(C)C. The van der Waals surface area contributed by atoms with Gasteiger partial charge in [0.2, 0.25) is 15.9 Å². The van der Waals surface area contributed by atoms with Crippen LogP contribution in [0.2, 0.25) is 0 Å². The van der Waals surface area contributed by atoms with Crippen molar-refractivity contribution in [3.8, 4) is 0 Å². The van der Waals surface area contributed by atoms with Gasteiger partial charge in [-0.3, -0.25) is 9.69 Å². The zero-order chi connectivity index (χ0) is 25.3. The van der Waals surface area contributed by atoms with Crippen molar-refractivity contribution in [1.29, 1.82) is 0 Å². The molecule has 1 heterocycles. The van der Waals surface area contributed by atoms with Crippen molar-refractivity contribution in [2.45, 2.75) is 62.7 Å². The third-order valence-corrected chi connectivity index (χ3v) is 8.51. The van der Waals surface area contributed by atoms with E-state index < -0.39 is 33.2 Å². The fourth-order valence-corrected chi connectivity index (χ4v) is 7.00. The number of nitrogens with one attached hydrogen (secondary N) is 1. The van der Waals surface area contributed by atoms with Gasteiger partial charge in [-0.2, -0.15) is 4.31 Å². The number of amides is 2. The lowest BCUT2D eigenvalue weighted by Gasteiger charge is -2.40. The molecule has 0 aliphatic carbocycles. The van der Waals surface area contributed by atoms with Gasteiger partial charge >= 0.3 is 6.09 Å². The normalized spacial score (nSPS) is 19.4. The van der Waals surface area contributed by atoms with Crippen LogP contribution in [0.4, 0.5) is 10.5 Å². The second-order valence-corrected chi connectivity index (χ2v) is 11.3. The largest absolute Gasteiger partial charge is 0.465 e. The van der Waals surface area contributed by atoms with Crippen LogP contribution in [-0.4, -0.2) is 46.9 Å². The maximum absolute atomic E-state index is 13.9. The van der Waals surface area contributed by atoms with Gasteiger partial charge in [0.05, 0.1) is 17.0 Å². The quantitative estimate of drug-likeness (QED) is 0.577. The summed E-state index contributed by atoms with van der Waals surface area (Å²) in [6.45, 7) is 10.7. The lowest BCUT2D eigenvalue weighted by atomic mass is 9.94. The minimum Gasteiger partial charge on any atom is -0.465 e. The van der Waals surface area contributed by atoms with Crippen molar-refractivity contribution >= 4 is 27.7 Å². The highest BCUT2D eigenvalue weighted by Gasteiger charge is 2.57. The third kappa shape index (κ3) is 4.85. The van der Waals surface area contributed by atoms with Crippen LogP contribution in [0.25, 0.3) is 0 Å². The average Bonchev–Trinajstić information content (AvgIpc) is 2.95. The van der Waals surface area contributed by atoms with Gasteiger partial charge in [0.25, 0.3) is 0 Å². The highest BCUT2D eigenvalue weighted by molar-refractivity contribution is 7.89. The van der Waals surface area contributed by atoms with Gasteiger partial charge in [0, 0.05) is 17.3 Å². The summed E-state index contributed by atoms with van der Waals surface area (Å²) in [6.07, 6.45) is 0.387. The van der Waals surface area contributed by atoms with Crippen LogP contribution >= 0.6 is 0 Å². The van der Waals surface area contributed by atoms with Gasteiger partial charge in [-0.15, -0.1) is 0 Å². The van der Waals surface area contributed by atoms with Crippen molar-refractivity contribution in [2.75, 3.05) is 4.90 Å². The van der Waals surface area contributed by atoms with E-state index in [1.165, 1.54) is 22.5 Å². The van der Waals surface area contributed by atoms with Gasteiger partial charge in [0.1, 0.15) is 0 Å². The number of nitrogens with zero attached hydrogens (tertiary/aromatic N) is 2. The van der Waals surface area contributed by atoms with E-state index >= 15 is 0 Å². The number of anilines is 1. The van der Waals surface area contributed by atoms with Crippen LogP contribution in [0, 0.1) is 0 Å². The summed E-state index contributed by atoms with van der Waals surface area (Å²) < 4.78 is 29.2. The molecule has 0 bridgehead atoms. The number of rotatable bonds is 7. The average molecular weight is 486 g/mol. The first-order valence-electron chi connectivity index (χ1n) is 10.9. The summed E-state index contributed by atoms with van der Waals surface area (Å²) in [5, 5.41) is 12.7. The van der Waals surface area contributed by atoms with Gasteiger partial charge < -0.3 is 10.4 Å².